The zero-order chi connectivity index (χ0) is 13.1. The van der Waals surface area contributed by atoms with Gasteiger partial charge in [-0.3, -0.25) is 4.98 Å². The Balaban J connectivity index is 2.72. The molecule has 18 heavy (non-hydrogen) atoms. The first-order valence-corrected chi connectivity index (χ1v) is 5.82. The second kappa shape index (κ2) is 5.03. The summed E-state index contributed by atoms with van der Waals surface area (Å²) >= 11 is 0. The van der Waals surface area contributed by atoms with Crippen LogP contribution in [0.3, 0.4) is 0 Å². The van der Waals surface area contributed by atoms with E-state index in [4.69, 9.17) is 10.4 Å². The summed E-state index contributed by atoms with van der Waals surface area (Å²) in [5.41, 5.74) is 4.36. The predicted octanol–water partition coefficient (Wildman–Crippen LogP) is 2.13. The molecule has 1 heterocycles. The van der Waals surface area contributed by atoms with E-state index in [9.17, 15) is 0 Å². The van der Waals surface area contributed by atoms with Gasteiger partial charge in [-0.05, 0) is 25.5 Å². The van der Waals surface area contributed by atoms with E-state index in [0.29, 0.717) is 12.1 Å². The van der Waals surface area contributed by atoms with Crippen LogP contribution in [-0.2, 0) is 0 Å². The number of aromatic nitrogens is 1. The van der Waals surface area contributed by atoms with Crippen LogP contribution in [0.4, 0.5) is 5.69 Å². The standard InChI is InChI=1S/C14H15N3O/c1-9-5-10(2)13-12(6-9)14(16-3-4-18)11(7-15)8-17-13/h5-6,8,18H,3-4H2,1-2H3,(H,16,17). The quantitative estimate of drug-likeness (QED) is 0.863. The van der Waals surface area contributed by atoms with Gasteiger partial charge in [0.2, 0.25) is 0 Å². The zero-order valence-corrected chi connectivity index (χ0v) is 10.5. The average Bonchev–Trinajstić information content (AvgIpc) is 2.35. The van der Waals surface area contributed by atoms with Gasteiger partial charge in [0.25, 0.3) is 0 Å². The van der Waals surface area contributed by atoms with Crippen LogP contribution in [-0.4, -0.2) is 23.2 Å². The van der Waals surface area contributed by atoms with E-state index in [0.717, 1.165) is 27.7 Å². The lowest BCUT2D eigenvalue weighted by atomic mass is 10.0. The molecule has 0 fully saturated rings. The molecule has 2 rings (SSSR count). The molecule has 2 aromatic rings. The molecule has 1 aromatic heterocycles. The minimum Gasteiger partial charge on any atom is -0.395 e. The fraction of sp³-hybridized carbons (Fsp3) is 0.286. The Hall–Kier alpha value is -2.12. The smallest absolute Gasteiger partial charge is 0.103 e. The van der Waals surface area contributed by atoms with Gasteiger partial charge >= 0.3 is 0 Å². The van der Waals surface area contributed by atoms with Crippen LogP contribution in [0.25, 0.3) is 10.9 Å². The van der Waals surface area contributed by atoms with Crippen molar-refractivity contribution >= 4 is 16.6 Å². The molecule has 4 heteroatoms. The Morgan fingerprint density at radius 1 is 1.39 bits per heavy atom. The molecule has 92 valence electrons. The van der Waals surface area contributed by atoms with Gasteiger partial charge in [0.15, 0.2) is 0 Å². The lowest BCUT2D eigenvalue weighted by Gasteiger charge is -2.12. The number of nitrogens with zero attached hydrogens (tertiary/aromatic N) is 2. The second-order valence-corrected chi connectivity index (χ2v) is 4.29. The van der Waals surface area contributed by atoms with Crippen LogP contribution in [0.2, 0.25) is 0 Å². The number of hydrogen-bond donors (Lipinski definition) is 2. The maximum atomic E-state index is 9.12. The fourth-order valence-corrected chi connectivity index (χ4v) is 2.12. The summed E-state index contributed by atoms with van der Waals surface area (Å²) in [4.78, 5) is 4.34. The van der Waals surface area contributed by atoms with Gasteiger partial charge in [0.1, 0.15) is 6.07 Å². The van der Waals surface area contributed by atoms with Gasteiger partial charge in [0, 0.05) is 18.1 Å². The first kappa shape index (κ1) is 12.3. The number of aliphatic hydroxyl groups excluding tert-OH is 1. The van der Waals surface area contributed by atoms with Crippen molar-refractivity contribution in [2.45, 2.75) is 13.8 Å². The monoisotopic (exact) mass is 241 g/mol. The first-order chi connectivity index (χ1) is 8.67. The number of nitriles is 1. The van der Waals surface area contributed by atoms with Gasteiger partial charge in [-0.25, -0.2) is 0 Å². The van der Waals surface area contributed by atoms with E-state index in [1.165, 1.54) is 0 Å². The van der Waals surface area contributed by atoms with Crippen molar-refractivity contribution in [3.63, 3.8) is 0 Å². The molecule has 0 aliphatic heterocycles. The SMILES string of the molecule is Cc1cc(C)c2ncc(C#N)c(NCCO)c2c1. The fourth-order valence-electron chi connectivity index (χ4n) is 2.12. The van der Waals surface area contributed by atoms with Crippen LogP contribution in [0.1, 0.15) is 16.7 Å². The Bertz CT molecular complexity index is 629. The van der Waals surface area contributed by atoms with Crippen molar-refractivity contribution < 1.29 is 5.11 Å². The molecule has 4 nitrogen and oxygen atoms in total. The van der Waals surface area contributed by atoms with E-state index < -0.39 is 0 Å². The molecular formula is C14H15N3O. The molecule has 0 aliphatic carbocycles. The normalized spacial score (nSPS) is 10.3. The lowest BCUT2D eigenvalue weighted by Crippen LogP contribution is -2.08. The molecule has 0 atom stereocenters. The highest BCUT2D eigenvalue weighted by atomic mass is 16.3. The van der Waals surface area contributed by atoms with E-state index in [2.05, 4.69) is 22.4 Å². The molecule has 0 amide bonds. The van der Waals surface area contributed by atoms with Gasteiger partial charge < -0.3 is 10.4 Å². The van der Waals surface area contributed by atoms with Gasteiger partial charge in [-0.2, -0.15) is 5.26 Å². The maximum absolute atomic E-state index is 9.12. The van der Waals surface area contributed by atoms with E-state index in [1.807, 2.05) is 19.9 Å². The van der Waals surface area contributed by atoms with Gasteiger partial charge in [-0.15, -0.1) is 0 Å². The summed E-state index contributed by atoms with van der Waals surface area (Å²) in [5, 5.41) is 22.1. The molecule has 2 N–H and O–H groups in total. The topological polar surface area (TPSA) is 68.9 Å². The highest BCUT2D eigenvalue weighted by Gasteiger charge is 2.10. The molecule has 0 radical (unpaired) electrons. The third-order valence-corrected chi connectivity index (χ3v) is 2.84. The van der Waals surface area contributed by atoms with Crippen molar-refractivity contribution in [1.29, 1.82) is 5.26 Å². The summed E-state index contributed by atoms with van der Waals surface area (Å²) in [5.74, 6) is 0. The molecular weight excluding hydrogens is 226 g/mol. The number of anilines is 1. The van der Waals surface area contributed by atoms with Crippen molar-refractivity contribution in [2.24, 2.45) is 0 Å². The van der Waals surface area contributed by atoms with Crippen molar-refractivity contribution in [2.75, 3.05) is 18.5 Å². The Kier molecular flexibility index (Phi) is 3.45. The van der Waals surface area contributed by atoms with Crippen molar-refractivity contribution in [3.8, 4) is 6.07 Å². The van der Waals surface area contributed by atoms with Crippen LogP contribution in [0, 0.1) is 25.2 Å². The summed E-state index contributed by atoms with van der Waals surface area (Å²) < 4.78 is 0. The third-order valence-electron chi connectivity index (χ3n) is 2.84. The summed E-state index contributed by atoms with van der Waals surface area (Å²) in [6.45, 7) is 4.46. The predicted molar refractivity (Wildman–Crippen MR) is 71.5 cm³/mol. The number of aryl methyl sites for hydroxylation is 2. The van der Waals surface area contributed by atoms with E-state index >= 15 is 0 Å². The summed E-state index contributed by atoms with van der Waals surface area (Å²) in [6, 6.07) is 6.21. The Labute approximate surface area is 106 Å². The summed E-state index contributed by atoms with van der Waals surface area (Å²) in [7, 11) is 0. The molecule has 0 aliphatic rings. The van der Waals surface area contributed by atoms with Crippen LogP contribution in [0.15, 0.2) is 18.3 Å². The number of pyridine rings is 1. The largest absolute Gasteiger partial charge is 0.395 e. The Morgan fingerprint density at radius 2 is 2.17 bits per heavy atom. The molecule has 0 bridgehead atoms. The second-order valence-electron chi connectivity index (χ2n) is 4.29. The van der Waals surface area contributed by atoms with Crippen LogP contribution >= 0.6 is 0 Å². The number of nitrogens with one attached hydrogen (secondary N) is 1. The maximum Gasteiger partial charge on any atom is 0.103 e. The van der Waals surface area contributed by atoms with Crippen LogP contribution in [0.5, 0.6) is 0 Å². The minimum atomic E-state index is 0.0273. The number of fused-ring (bicyclic) bond motifs is 1. The zero-order valence-electron chi connectivity index (χ0n) is 10.5. The minimum absolute atomic E-state index is 0.0273. The molecule has 1 aromatic carbocycles. The first-order valence-electron chi connectivity index (χ1n) is 5.82. The van der Waals surface area contributed by atoms with Gasteiger partial charge in [-0.1, -0.05) is 11.6 Å². The number of benzene rings is 1. The third kappa shape index (κ3) is 2.13. The number of rotatable bonds is 3. The summed E-state index contributed by atoms with van der Waals surface area (Å²) in [6.07, 6.45) is 1.57. The molecule has 0 saturated carbocycles. The highest BCUT2D eigenvalue weighted by molar-refractivity contribution is 5.96. The Morgan fingerprint density at radius 3 is 2.83 bits per heavy atom. The van der Waals surface area contributed by atoms with Crippen LogP contribution < -0.4 is 5.32 Å². The van der Waals surface area contributed by atoms with E-state index in [-0.39, 0.29) is 6.61 Å². The highest BCUT2D eigenvalue weighted by Crippen LogP contribution is 2.28. The van der Waals surface area contributed by atoms with E-state index in [1.54, 1.807) is 6.20 Å². The molecule has 0 spiro atoms. The molecule has 0 saturated heterocycles. The average molecular weight is 241 g/mol. The van der Waals surface area contributed by atoms with Crippen molar-refractivity contribution in [3.05, 3.63) is 35.0 Å². The molecule has 0 unspecified atom stereocenters. The number of hydrogen-bond acceptors (Lipinski definition) is 4. The van der Waals surface area contributed by atoms with Crippen molar-refractivity contribution in [1.82, 2.24) is 4.98 Å². The van der Waals surface area contributed by atoms with Gasteiger partial charge in [0.05, 0.1) is 23.4 Å². The lowest BCUT2D eigenvalue weighted by molar-refractivity contribution is 0.311. The number of aliphatic hydroxyl groups is 1.